The molecule has 1 aromatic carbocycles. The van der Waals surface area contributed by atoms with E-state index in [-0.39, 0.29) is 0 Å². The first-order valence-electron chi connectivity index (χ1n) is 5.70. The topological polar surface area (TPSA) is 48.7 Å². The maximum atomic E-state index is 11.2. The van der Waals surface area contributed by atoms with E-state index in [0.717, 1.165) is 0 Å². The van der Waals surface area contributed by atoms with Crippen molar-refractivity contribution in [1.82, 2.24) is 0 Å². The number of ether oxygens (including phenoxy) is 2. The fourth-order valence-corrected chi connectivity index (χ4v) is 1.78. The Morgan fingerprint density at radius 2 is 1.79 bits per heavy atom. The second kappa shape index (κ2) is 6.68. The zero-order valence-electron chi connectivity index (χ0n) is 10.0. The van der Waals surface area contributed by atoms with Gasteiger partial charge in [0.1, 0.15) is 30.3 Å². The lowest BCUT2D eigenvalue weighted by Crippen LogP contribution is -2.03. The van der Waals surface area contributed by atoms with Gasteiger partial charge in [0.25, 0.3) is 0 Å². The molecule has 0 aliphatic rings. The summed E-state index contributed by atoms with van der Waals surface area (Å²) < 4.78 is 16.1. The Labute approximate surface area is 119 Å². The molecule has 0 N–H and O–H groups in total. The Bertz CT molecular complexity index is 609. The molecule has 0 saturated heterocycles. The fraction of sp³-hybridized carbons (Fsp3) is 0.308. The fourth-order valence-electron chi connectivity index (χ4n) is 1.63. The summed E-state index contributed by atoms with van der Waals surface area (Å²) in [5, 5.41) is 0.697. The van der Waals surface area contributed by atoms with Crippen molar-refractivity contribution in [3.63, 3.8) is 0 Å². The molecule has 6 heteroatoms. The van der Waals surface area contributed by atoms with Crippen LogP contribution in [0.2, 0.25) is 0 Å². The van der Waals surface area contributed by atoms with Gasteiger partial charge in [-0.3, -0.25) is 0 Å². The Balaban J connectivity index is 2.45. The van der Waals surface area contributed by atoms with Crippen molar-refractivity contribution in [3.05, 3.63) is 34.7 Å². The number of halogens is 2. The second-order valence-electron chi connectivity index (χ2n) is 3.66. The van der Waals surface area contributed by atoms with E-state index < -0.39 is 5.63 Å². The molecule has 2 rings (SSSR count). The number of fused-ring (bicyclic) bond motifs is 1. The average Bonchev–Trinajstić information content (AvgIpc) is 2.42. The molecule has 0 atom stereocenters. The van der Waals surface area contributed by atoms with E-state index in [4.69, 9.17) is 37.1 Å². The minimum Gasteiger partial charge on any atom is -0.492 e. The monoisotopic (exact) mass is 302 g/mol. The van der Waals surface area contributed by atoms with E-state index in [1.165, 1.54) is 6.07 Å². The standard InChI is InChI=1S/C13H12Cl2O4/c14-3-5-17-9-7-11(18-6-4-15)10-1-2-13(16)19-12(10)8-9/h1-2,7-8H,3-6H2. The van der Waals surface area contributed by atoms with Crippen molar-refractivity contribution in [2.75, 3.05) is 25.0 Å². The van der Waals surface area contributed by atoms with Gasteiger partial charge in [0.05, 0.1) is 17.1 Å². The Hall–Kier alpha value is -1.39. The number of rotatable bonds is 6. The zero-order valence-corrected chi connectivity index (χ0v) is 11.5. The molecule has 2 aromatic rings. The van der Waals surface area contributed by atoms with Crippen LogP contribution in [0, 0.1) is 0 Å². The maximum absolute atomic E-state index is 11.2. The molecule has 1 heterocycles. The largest absolute Gasteiger partial charge is 0.492 e. The third kappa shape index (κ3) is 3.55. The van der Waals surface area contributed by atoms with E-state index >= 15 is 0 Å². The first kappa shape index (κ1) is 14.0. The van der Waals surface area contributed by atoms with Crippen LogP contribution in [0.3, 0.4) is 0 Å². The van der Waals surface area contributed by atoms with Gasteiger partial charge in [-0.25, -0.2) is 4.79 Å². The van der Waals surface area contributed by atoms with Gasteiger partial charge in [-0.15, -0.1) is 23.2 Å². The maximum Gasteiger partial charge on any atom is 0.336 e. The van der Waals surface area contributed by atoms with E-state index in [2.05, 4.69) is 0 Å². The number of hydrogen-bond acceptors (Lipinski definition) is 4. The summed E-state index contributed by atoms with van der Waals surface area (Å²) in [6.45, 7) is 0.716. The quantitative estimate of drug-likeness (QED) is 0.608. The Morgan fingerprint density at radius 3 is 2.53 bits per heavy atom. The van der Waals surface area contributed by atoms with Crippen molar-refractivity contribution in [1.29, 1.82) is 0 Å². The summed E-state index contributed by atoms with van der Waals surface area (Å²) >= 11 is 11.2. The molecule has 0 unspecified atom stereocenters. The first-order valence-corrected chi connectivity index (χ1v) is 6.77. The molecule has 4 nitrogen and oxygen atoms in total. The van der Waals surface area contributed by atoms with E-state index in [9.17, 15) is 4.79 Å². The lowest BCUT2D eigenvalue weighted by atomic mass is 10.2. The van der Waals surface area contributed by atoms with E-state index in [1.807, 2.05) is 0 Å². The van der Waals surface area contributed by atoms with Crippen LogP contribution in [0.4, 0.5) is 0 Å². The van der Waals surface area contributed by atoms with Crippen LogP contribution < -0.4 is 15.1 Å². The van der Waals surface area contributed by atoms with Gasteiger partial charge >= 0.3 is 5.63 Å². The van der Waals surface area contributed by atoms with E-state index in [1.54, 1.807) is 18.2 Å². The highest BCUT2D eigenvalue weighted by Gasteiger charge is 2.09. The van der Waals surface area contributed by atoms with Crippen LogP contribution in [-0.4, -0.2) is 25.0 Å². The molecular formula is C13H12Cl2O4. The summed E-state index contributed by atoms with van der Waals surface area (Å²) in [6, 6.07) is 6.35. The van der Waals surface area contributed by atoms with Crippen LogP contribution in [-0.2, 0) is 0 Å². The normalized spacial score (nSPS) is 10.6. The van der Waals surface area contributed by atoms with Crippen molar-refractivity contribution in [2.45, 2.75) is 0 Å². The predicted octanol–water partition coefficient (Wildman–Crippen LogP) is 3.03. The molecule has 0 bridgehead atoms. The lowest BCUT2D eigenvalue weighted by molar-refractivity contribution is 0.327. The number of hydrogen-bond donors (Lipinski definition) is 0. The molecule has 0 aliphatic heterocycles. The molecular weight excluding hydrogens is 291 g/mol. The zero-order chi connectivity index (χ0) is 13.7. The van der Waals surface area contributed by atoms with Gasteiger partial charge in [0.15, 0.2) is 0 Å². The molecule has 0 radical (unpaired) electrons. The highest BCUT2D eigenvalue weighted by Crippen LogP contribution is 2.30. The van der Waals surface area contributed by atoms with Crippen LogP contribution in [0.5, 0.6) is 11.5 Å². The summed E-state index contributed by atoms with van der Waals surface area (Å²) in [5.74, 6) is 1.83. The lowest BCUT2D eigenvalue weighted by Gasteiger charge is -2.10. The van der Waals surface area contributed by atoms with Gasteiger partial charge in [0, 0.05) is 18.2 Å². The van der Waals surface area contributed by atoms with Crippen molar-refractivity contribution < 1.29 is 13.9 Å². The van der Waals surface area contributed by atoms with Gasteiger partial charge < -0.3 is 13.9 Å². The second-order valence-corrected chi connectivity index (χ2v) is 4.42. The predicted molar refractivity (Wildman–Crippen MR) is 74.9 cm³/mol. The van der Waals surface area contributed by atoms with Crippen molar-refractivity contribution in [2.24, 2.45) is 0 Å². The summed E-state index contributed by atoms with van der Waals surface area (Å²) in [7, 11) is 0. The Morgan fingerprint density at radius 1 is 1.05 bits per heavy atom. The van der Waals surface area contributed by atoms with E-state index in [0.29, 0.717) is 47.4 Å². The van der Waals surface area contributed by atoms with Crippen LogP contribution in [0.15, 0.2) is 33.5 Å². The minimum atomic E-state index is -0.426. The van der Waals surface area contributed by atoms with Crippen molar-refractivity contribution in [3.8, 4) is 11.5 Å². The first-order chi connectivity index (χ1) is 9.24. The van der Waals surface area contributed by atoms with Gasteiger partial charge in [0.2, 0.25) is 0 Å². The molecule has 0 spiro atoms. The molecule has 0 amide bonds. The SMILES string of the molecule is O=c1ccc2c(OCCCl)cc(OCCCl)cc2o1. The third-order valence-electron chi connectivity index (χ3n) is 2.35. The molecule has 0 fully saturated rings. The molecule has 1 aromatic heterocycles. The van der Waals surface area contributed by atoms with Crippen LogP contribution >= 0.6 is 23.2 Å². The summed E-state index contributed by atoms with van der Waals surface area (Å²) in [4.78, 5) is 11.2. The van der Waals surface area contributed by atoms with Gasteiger partial charge in [-0.2, -0.15) is 0 Å². The highest BCUT2D eigenvalue weighted by atomic mass is 35.5. The molecule has 0 saturated carbocycles. The van der Waals surface area contributed by atoms with Gasteiger partial charge in [-0.1, -0.05) is 0 Å². The minimum absolute atomic E-state index is 0.356. The molecule has 102 valence electrons. The van der Waals surface area contributed by atoms with Gasteiger partial charge in [-0.05, 0) is 6.07 Å². The average molecular weight is 303 g/mol. The third-order valence-corrected chi connectivity index (χ3v) is 2.66. The number of alkyl halides is 2. The van der Waals surface area contributed by atoms with Crippen LogP contribution in [0.25, 0.3) is 11.0 Å². The number of benzene rings is 1. The Kier molecular flexibility index (Phi) is 4.93. The molecule has 19 heavy (non-hydrogen) atoms. The smallest absolute Gasteiger partial charge is 0.336 e. The summed E-state index contributed by atoms with van der Waals surface area (Å²) in [6.07, 6.45) is 0. The van der Waals surface area contributed by atoms with Crippen molar-refractivity contribution >= 4 is 34.2 Å². The highest BCUT2D eigenvalue weighted by molar-refractivity contribution is 6.18. The van der Waals surface area contributed by atoms with Crippen LogP contribution in [0.1, 0.15) is 0 Å². The summed E-state index contributed by atoms with van der Waals surface area (Å²) in [5.41, 5.74) is -0.0190. The molecule has 0 aliphatic carbocycles.